The highest BCUT2D eigenvalue weighted by Gasteiger charge is 2.26. The Balaban J connectivity index is 1.44. The van der Waals surface area contributed by atoms with Gasteiger partial charge in [-0.25, -0.2) is 18.4 Å². The van der Waals surface area contributed by atoms with E-state index in [2.05, 4.69) is 20.3 Å². The number of benzene rings is 2. The van der Waals surface area contributed by atoms with Gasteiger partial charge in [-0.05, 0) is 41.5 Å². The van der Waals surface area contributed by atoms with E-state index >= 15 is 0 Å². The van der Waals surface area contributed by atoms with Gasteiger partial charge < -0.3 is 10.1 Å². The van der Waals surface area contributed by atoms with E-state index in [1.807, 2.05) is 42.5 Å². The van der Waals surface area contributed by atoms with Crippen molar-refractivity contribution in [3.63, 3.8) is 0 Å². The molecule has 0 aliphatic carbocycles. The number of hydrogen-bond acceptors (Lipinski definition) is 8. The fourth-order valence-electron chi connectivity index (χ4n) is 3.78. The van der Waals surface area contributed by atoms with E-state index in [0.717, 1.165) is 27.7 Å². The summed E-state index contributed by atoms with van der Waals surface area (Å²) in [7, 11) is -3.54. The van der Waals surface area contributed by atoms with Crippen LogP contribution in [0, 0.1) is 11.3 Å². The molecule has 34 heavy (non-hydrogen) atoms. The molecule has 9 nitrogen and oxygen atoms in total. The molecular weight excluding hydrogens is 452 g/mol. The van der Waals surface area contributed by atoms with Crippen molar-refractivity contribution in [3.8, 4) is 17.2 Å². The van der Waals surface area contributed by atoms with Gasteiger partial charge in [0.25, 0.3) is 0 Å². The Bertz CT molecular complexity index is 1480. The van der Waals surface area contributed by atoms with Crippen LogP contribution in [0.25, 0.3) is 22.0 Å². The van der Waals surface area contributed by atoms with E-state index in [0.29, 0.717) is 32.1 Å². The molecule has 1 N–H and O–H groups in total. The van der Waals surface area contributed by atoms with Crippen LogP contribution in [0.3, 0.4) is 0 Å². The predicted octanol–water partition coefficient (Wildman–Crippen LogP) is 3.33. The Morgan fingerprint density at radius 1 is 0.941 bits per heavy atom. The van der Waals surface area contributed by atoms with Crippen molar-refractivity contribution in [2.75, 3.05) is 31.6 Å². The van der Waals surface area contributed by atoms with Gasteiger partial charge in [0, 0.05) is 24.7 Å². The maximum absolute atomic E-state index is 12.9. The molecule has 0 radical (unpaired) electrons. The van der Waals surface area contributed by atoms with Gasteiger partial charge in [-0.1, -0.05) is 18.2 Å². The molecule has 0 saturated carbocycles. The van der Waals surface area contributed by atoms with Crippen LogP contribution >= 0.6 is 0 Å². The lowest BCUT2D eigenvalue weighted by molar-refractivity contribution is 0.0730. The van der Waals surface area contributed by atoms with E-state index in [-0.39, 0.29) is 10.6 Å². The van der Waals surface area contributed by atoms with E-state index < -0.39 is 10.0 Å². The molecular formula is C24H20N6O3S. The minimum atomic E-state index is -3.54. The molecule has 170 valence electrons. The first-order chi connectivity index (χ1) is 16.5. The fraction of sp³-hybridized carbons (Fsp3) is 0.167. The molecule has 0 atom stereocenters. The zero-order chi connectivity index (χ0) is 23.5. The van der Waals surface area contributed by atoms with Crippen molar-refractivity contribution >= 4 is 32.4 Å². The van der Waals surface area contributed by atoms with Crippen molar-refractivity contribution in [1.29, 1.82) is 5.26 Å². The standard InChI is InChI=1S/C24H20N6O3S/c25-14-19-15-28-24(16-27-19)29-23-7-8-26-22-6-3-18(13-21(22)23)17-1-4-20(5-2-17)34(31,32)30-9-11-33-12-10-30/h1-8,13,15-16H,9-12H2,(H,26,28,29). The number of sulfonamides is 1. The minimum Gasteiger partial charge on any atom is -0.379 e. The molecule has 2 aromatic heterocycles. The molecule has 0 spiro atoms. The van der Waals surface area contributed by atoms with Gasteiger partial charge in [0.1, 0.15) is 11.9 Å². The third kappa shape index (κ3) is 4.32. The van der Waals surface area contributed by atoms with Crippen molar-refractivity contribution in [1.82, 2.24) is 19.3 Å². The highest BCUT2D eigenvalue weighted by Crippen LogP contribution is 2.30. The second-order valence-electron chi connectivity index (χ2n) is 7.65. The van der Waals surface area contributed by atoms with Crippen LogP contribution in [-0.4, -0.2) is 54.0 Å². The molecule has 1 aliphatic rings. The fourth-order valence-corrected chi connectivity index (χ4v) is 5.19. The summed E-state index contributed by atoms with van der Waals surface area (Å²) in [6.07, 6.45) is 4.61. The smallest absolute Gasteiger partial charge is 0.243 e. The number of pyridine rings is 1. The van der Waals surface area contributed by atoms with Gasteiger partial charge in [-0.15, -0.1) is 0 Å². The van der Waals surface area contributed by atoms with E-state index in [1.54, 1.807) is 18.3 Å². The predicted molar refractivity (Wildman–Crippen MR) is 127 cm³/mol. The number of fused-ring (bicyclic) bond motifs is 1. The van der Waals surface area contributed by atoms with Gasteiger partial charge in [0.05, 0.1) is 41.7 Å². The molecule has 3 heterocycles. The van der Waals surface area contributed by atoms with Crippen LogP contribution in [0.5, 0.6) is 0 Å². The number of rotatable bonds is 5. The topological polar surface area (TPSA) is 121 Å². The Morgan fingerprint density at radius 2 is 1.71 bits per heavy atom. The second kappa shape index (κ2) is 9.15. The zero-order valence-electron chi connectivity index (χ0n) is 18.0. The van der Waals surface area contributed by atoms with Gasteiger partial charge in [0.15, 0.2) is 5.69 Å². The molecule has 1 fully saturated rings. The summed E-state index contributed by atoms with van der Waals surface area (Å²) in [5, 5.41) is 13.0. The third-order valence-electron chi connectivity index (χ3n) is 5.57. The molecule has 1 saturated heterocycles. The van der Waals surface area contributed by atoms with Crippen LogP contribution < -0.4 is 5.32 Å². The van der Waals surface area contributed by atoms with Crippen molar-refractivity contribution in [3.05, 3.63) is 72.8 Å². The summed E-state index contributed by atoms with van der Waals surface area (Å²) < 4.78 is 32.5. The quantitative estimate of drug-likeness (QED) is 0.469. The average Bonchev–Trinajstić information content (AvgIpc) is 2.90. The SMILES string of the molecule is N#Cc1cnc(Nc2ccnc3ccc(-c4ccc(S(=O)(=O)N5CCOCC5)cc4)cc23)cn1. The average molecular weight is 473 g/mol. The first-order valence-electron chi connectivity index (χ1n) is 10.6. The number of nitrogens with zero attached hydrogens (tertiary/aromatic N) is 5. The number of anilines is 2. The molecule has 0 unspecified atom stereocenters. The number of nitriles is 1. The first kappa shape index (κ1) is 21.9. The van der Waals surface area contributed by atoms with Crippen LogP contribution in [0.1, 0.15) is 5.69 Å². The molecule has 10 heteroatoms. The summed E-state index contributed by atoms with van der Waals surface area (Å²) in [4.78, 5) is 13.0. The van der Waals surface area contributed by atoms with E-state index in [4.69, 9.17) is 10.00 Å². The molecule has 5 rings (SSSR count). The lowest BCUT2D eigenvalue weighted by Crippen LogP contribution is -2.40. The Kier molecular flexibility index (Phi) is 5.90. The Labute approximate surface area is 196 Å². The van der Waals surface area contributed by atoms with E-state index in [1.165, 1.54) is 16.7 Å². The number of ether oxygens (including phenoxy) is 1. The molecule has 0 amide bonds. The third-order valence-corrected chi connectivity index (χ3v) is 7.48. The second-order valence-corrected chi connectivity index (χ2v) is 9.59. The zero-order valence-corrected chi connectivity index (χ0v) is 18.9. The van der Waals surface area contributed by atoms with Crippen molar-refractivity contribution in [2.24, 2.45) is 0 Å². The Morgan fingerprint density at radius 3 is 2.41 bits per heavy atom. The van der Waals surface area contributed by atoms with Gasteiger partial charge in [-0.2, -0.15) is 9.57 Å². The van der Waals surface area contributed by atoms with Crippen LogP contribution in [0.4, 0.5) is 11.5 Å². The maximum atomic E-state index is 12.9. The molecule has 0 bridgehead atoms. The maximum Gasteiger partial charge on any atom is 0.243 e. The normalized spacial score (nSPS) is 14.6. The van der Waals surface area contributed by atoms with Gasteiger partial charge in [-0.3, -0.25) is 4.98 Å². The van der Waals surface area contributed by atoms with Gasteiger partial charge in [0.2, 0.25) is 10.0 Å². The minimum absolute atomic E-state index is 0.242. The number of aromatic nitrogens is 3. The highest BCUT2D eigenvalue weighted by atomic mass is 32.2. The molecule has 1 aliphatic heterocycles. The number of hydrogen-bond donors (Lipinski definition) is 1. The van der Waals surface area contributed by atoms with Crippen molar-refractivity contribution in [2.45, 2.75) is 4.90 Å². The lowest BCUT2D eigenvalue weighted by atomic mass is 10.0. The molecule has 4 aromatic rings. The number of nitrogens with one attached hydrogen (secondary N) is 1. The highest BCUT2D eigenvalue weighted by molar-refractivity contribution is 7.89. The van der Waals surface area contributed by atoms with E-state index in [9.17, 15) is 8.42 Å². The summed E-state index contributed by atoms with van der Waals surface area (Å²) in [5.74, 6) is 0.509. The first-order valence-corrected chi connectivity index (χ1v) is 12.0. The summed E-state index contributed by atoms with van der Waals surface area (Å²) in [6.45, 7) is 1.54. The summed E-state index contributed by atoms with van der Waals surface area (Å²) in [5.41, 5.74) is 3.63. The van der Waals surface area contributed by atoms with Crippen LogP contribution in [-0.2, 0) is 14.8 Å². The Hall–Kier alpha value is -3.91. The summed E-state index contributed by atoms with van der Waals surface area (Å²) in [6, 6.07) is 16.5. The molecule has 2 aromatic carbocycles. The monoisotopic (exact) mass is 472 g/mol. The van der Waals surface area contributed by atoms with Crippen LogP contribution in [0.15, 0.2) is 72.0 Å². The van der Waals surface area contributed by atoms with Crippen LogP contribution in [0.2, 0.25) is 0 Å². The number of morpholine rings is 1. The largest absolute Gasteiger partial charge is 0.379 e. The lowest BCUT2D eigenvalue weighted by Gasteiger charge is -2.26. The van der Waals surface area contributed by atoms with Crippen molar-refractivity contribution < 1.29 is 13.2 Å². The van der Waals surface area contributed by atoms with Gasteiger partial charge >= 0.3 is 0 Å². The summed E-state index contributed by atoms with van der Waals surface area (Å²) >= 11 is 0.